The third-order valence-corrected chi connectivity index (χ3v) is 6.17. The Labute approximate surface area is 199 Å². The number of halogens is 1. The van der Waals surface area contributed by atoms with Gasteiger partial charge in [0.1, 0.15) is 17.4 Å². The third kappa shape index (κ3) is 6.22. The molecule has 2 amide bonds. The van der Waals surface area contributed by atoms with Crippen LogP contribution in [-0.2, 0) is 24.0 Å². The summed E-state index contributed by atoms with van der Waals surface area (Å²) in [6.07, 6.45) is 5.39. The molecule has 0 aliphatic carbocycles. The van der Waals surface area contributed by atoms with Crippen molar-refractivity contribution >= 4 is 67.7 Å². The van der Waals surface area contributed by atoms with Crippen LogP contribution in [0, 0.1) is 0 Å². The van der Waals surface area contributed by atoms with Crippen LogP contribution in [0.3, 0.4) is 0 Å². The Kier molecular flexibility index (Phi) is 7.44. The molecule has 0 saturated heterocycles. The lowest BCUT2D eigenvalue weighted by molar-refractivity contribution is 0.262. The monoisotopic (exact) mass is 506 g/mol. The number of carbonyl (C=O) groups excluding carboxylic acids is 1. The number of fused-ring (bicyclic) bond motifs is 1. The van der Waals surface area contributed by atoms with E-state index < -0.39 is 17.1 Å². The van der Waals surface area contributed by atoms with Gasteiger partial charge in [0, 0.05) is 34.7 Å². The van der Waals surface area contributed by atoms with Gasteiger partial charge in [0.15, 0.2) is 22.0 Å². The van der Waals surface area contributed by atoms with Crippen LogP contribution in [-0.4, -0.2) is 51.8 Å². The summed E-state index contributed by atoms with van der Waals surface area (Å²) in [7, 11) is 0. The molecule has 11 nitrogen and oxygen atoms in total. The van der Waals surface area contributed by atoms with Crippen molar-refractivity contribution in [3.63, 3.8) is 0 Å². The fourth-order valence-electron chi connectivity index (χ4n) is 3.00. The highest BCUT2D eigenvalue weighted by molar-refractivity contribution is 7.79. The lowest BCUT2D eigenvalue weighted by Crippen LogP contribution is -2.19. The molecule has 0 aliphatic heterocycles. The van der Waals surface area contributed by atoms with Crippen LogP contribution in [0.5, 0.6) is 0 Å². The van der Waals surface area contributed by atoms with E-state index in [0.29, 0.717) is 45.7 Å². The van der Waals surface area contributed by atoms with Crippen LogP contribution < -0.4 is 16.0 Å². The van der Waals surface area contributed by atoms with Crippen LogP contribution >= 0.6 is 22.9 Å². The largest absolute Gasteiger partial charge is 0.368 e. The molecule has 0 bridgehead atoms. The maximum atomic E-state index is 12.2. The van der Waals surface area contributed by atoms with E-state index in [2.05, 4.69) is 36.0 Å². The number of aromatic nitrogens is 5. The lowest BCUT2D eigenvalue weighted by Gasteiger charge is -2.08. The zero-order chi connectivity index (χ0) is 23.2. The number of amides is 2. The Morgan fingerprint density at radius 3 is 2.91 bits per heavy atom. The predicted molar refractivity (Wildman–Crippen MR) is 129 cm³/mol. The standard InChI is InChI=1S/C19H19ClN8O3S2/c20-12-2-1-3-13(8-12)26-18(29)27-19-22-9-14(32-19)4-5-21-17-16-15(23-11-24-17)10-25-28(16)6-7-33(30)31/h1-3,8-11H,4-7H2,(H,30,31)(H,21,23,24)(H2,22,26,27,29). The fraction of sp³-hybridized carbons (Fsp3) is 0.211. The topological polar surface area (TPSA) is 147 Å². The quantitative estimate of drug-likeness (QED) is 0.252. The molecular weight excluding hydrogens is 488 g/mol. The average Bonchev–Trinajstić information content (AvgIpc) is 3.39. The molecule has 0 saturated carbocycles. The second-order valence-electron chi connectivity index (χ2n) is 6.75. The number of carbonyl (C=O) groups is 1. The minimum Gasteiger partial charge on any atom is -0.368 e. The van der Waals surface area contributed by atoms with E-state index in [-0.39, 0.29) is 12.3 Å². The Morgan fingerprint density at radius 1 is 1.21 bits per heavy atom. The van der Waals surface area contributed by atoms with Gasteiger partial charge in [-0.15, -0.1) is 11.3 Å². The highest BCUT2D eigenvalue weighted by Gasteiger charge is 2.12. The number of urea groups is 1. The molecule has 0 radical (unpaired) electrons. The van der Waals surface area contributed by atoms with E-state index >= 15 is 0 Å². The van der Waals surface area contributed by atoms with E-state index in [1.807, 2.05) is 0 Å². The van der Waals surface area contributed by atoms with Gasteiger partial charge in [0.05, 0.1) is 18.5 Å². The maximum Gasteiger partial charge on any atom is 0.325 e. The Balaban J connectivity index is 1.32. The number of anilines is 3. The number of aryl methyl sites for hydroxylation is 1. The summed E-state index contributed by atoms with van der Waals surface area (Å²) < 4.78 is 21.7. The van der Waals surface area contributed by atoms with Crippen molar-refractivity contribution in [1.29, 1.82) is 0 Å². The summed E-state index contributed by atoms with van der Waals surface area (Å²) >= 11 is 5.38. The second kappa shape index (κ2) is 10.7. The summed E-state index contributed by atoms with van der Waals surface area (Å²) in [4.78, 5) is 25.8. The van der Waals surface area contributed by atoms with Gasteiger partial charge in [-0.3, -0.25) is 10.00 Å². The van der Waals surface area contributed by atoms with Crippen molar-refractivity contribution in [2.24, 2.45) is 0 Å². The van der Waals surface area contributed by atoms with Crippen molar-refractivity contribution in [1.82, 2.24) is 24.7 Å². The fourth-order valence-corrected chi connectivity index (χ4v) is 4.32. The molecule has 172 valence electrons. The minimum absolute atomic E-state index is 0.0621. The zero-order valence-electron chi connectivity index (χ0n) is 17.1. The van der Waals surface area contributed by atoms with E-state index in [0.717, 1.165) is 4.88 Å². The summed E-state index contributed by atoms with van der Waals surface area (Å²) in [6, 6.07) is 6.46. The first-order valence-corrected chi connectivity index (χ1v) is 12.2. The number of nitrogens with zero attached hydrogens (tertiary/aromatic N) is 5. The first kappa shape index (κ1) is 23.0. The highest BCUT2D eigenvalue weighted by atomic mass is 35.5. The molecule has 14 heteroatoms. The molecule has 4 N–H and O–H groups in total. The van der Waals surface area contributed by atoms with Gasteiger partial charge in [-0.1, -0.05) is 17.7 Å². The van der Waals surface area contributed by atoms with Crippen LogP contribution in [0.1, 0.15) is 4.88 Å². The van der Waals surface area contributed by atoms with Crippen molar-refractivity contribution < 1.29 is 13.6 Å². The van der Waals surface area contributed by atoms with Crippen molar-refractivity contribution in [3.8, 4) is 0 Å². The molecule has 0 spiro atoms. The normalized spacial score (nSPS) is 11.9. The molecule has 3 aromatic heterocycles. The highest BCUT2D eigenvalue weighted by Crippen LogP contribution is 2.22. The summed E-state index contributed by atoms with van der Waals surface area (Å²) in [5.74, 6) is 0.650. The van der Waals surface area contributed by atoms with Crippen LogP contribution in [0.2, 0.25) is 5.02 Å². The Bertz CT molecular complexity index is 1300. The summed E-state index contributed by atoms with van der Waals surface area (Å²) in [5.41, 5.74) is 1.90. The van der Waals surface area contributed by atoms with Gasteiger partial charge >= 0.3 is 6.03 Å². The smallest absolute Gasteiger partial charge is 0.325 e. The van der Waals surface area contributed by atoms with Gasteiger partial charge in [-0.2, -0.15) is 5.10 Å². The van der Waals surface area contributed by atoms with Crippen LogP contribution in [0.4, 0.5) is 21.4 Å². The minimum atomic E-state index is -1.91. The molecule has 1 atom stereocenters. The maximum absolute atomic E-state index is 12.2. The molecule has 0 fully saturated rings. The zero-order valence-corrected chi connectivity index (χ0v) is 19.5. The Hall–Kier alpha value is -3.13. The molecular formula is C19H19ClN8O3S2. The van der Waals surface area contributed by atoms with Crippen LogP contribution in [0.25, 0.3) is 11.0 Å². The molecule has 33 heavy (non-hydrogen) atoms. The lowest BCUT2D eigenvalue weighted by atomic mass is 10.3. The number of benzene rings is 1. The molecule has 3 heterocycles. The predicted octanol–water partition coefficient (Wildman–Crippen LogP) is 3.46. The number of hydrogen-bond donors (Lipinski definition) is 4. The van der Waals surface area contributed by atoms with Gasteiger partial charge in [0.25, 0.3) is 0 Å². The van der Waals surface area contributed by atoms with Gasteiger partial charge in [-0.25, -0.2) is 24.0 Å². The van der Waals surface area contributed by atoms with Gasteiger partial charge in [-0.05, 0) is 18.2 Å². The van der Waals surface area contributed by atoms with E-state index in [9.17, 15) is 9.00 Å². The van der Waals surface area contributed by atoms with Crippen molar-refractivity contribution in [2.45, 2.75) is 13.0 Å². The number of hydrogen-bond acceptors (Lipinski definition) is 8. The number of nitrogens with one attached hydrogen (secondary N) is 3. The summed E-state index contributed by atoms with van der Waals surface area (Å²) in [6.45, 7) is 0.829. The Morgan fingerprint density at radius 2 is 2.09 bits per heavy atom. The third-order valence-electron chi connectivity index (χ3n) is 4.43. The number of rotatable bonds is 9. The molecule has 4 rings (SSSR count). The van der Waals surface area contributed by atoms with E-state index in [1.54, 1.807) is 41.3 Å². The van der Waals surface area contributed by atoms with E-state index in [4.69, 9.17) is 16.2 Å². The second-order valence-corrected chi connectivity index (χ2v) is 9.35. The first-order valence-electron chi connectivity index (χ1n) is 9.74. The first-order chi connectivity index (χ1) is 16.0. The van der Waals surface area contributed by atoms with Crippen molar-refractivity contribution in [2.75, 3.05) is 28.2 Å². The molecule has 0 aliphatic rings. The molecule has 1 unspecified atom stereocenters. The number of thiazole rings is 1. The van der Waals surface area contributed by atoms with Crippen molar-refractivity contribution in [3.05, 3.63) is 52.9 Å². The van der Waals surface area contributed by atoms with Gasteiger partial charge < -0.3 is 15.2 Å². The summed E-state index contributed by atoms with van der Waals surface area (Å²) in [5, 5.41) is 13.9. The molecule has 1 aromatic carbocycles. The average molecular weight is 507 g/mol. The van der Waals surface area contributed by atoms with Gasteiger partial charge in [0.2, 0.25) is 0 Å². The molecule has 4 aromatic rings. The van der Waals surface area contributed by atoms with E-state index in [1.165, 1.54) is 17.7 Å². The SMILES string of the molecule is O=C(Nc1cccc(Cl)c1)Nc1ncc(CCNc2ncnc3cnn(CCS(=O)O)c23)s1. The van der Waals surface area contributed by atoms with Crippen LogP contribution in [0.15, 0.2) is 43.0 Å².